The van der Waals surface area contributed by atoms with Crippen LogP contribution in [0.5, 0.6) is 0 Å². The van der Waals surface area contributed by atoms with Gasteiger partial charge in [-0.2, -0.15) is 0 Å². The predicted molar refractivity (Wildman–Crippen MR) is 255 cm³/mol. The summed E-state index contributed by atoms with van der Waals surface area (Å²) < 4.78 is 0. The third kappa shape index (κ3) is 7.46. The fraction of sp³-hybridized carbons (Fsp3) is 0.138. The Labute approximate surface area is 350 Å². The molecular formula is C58H51N. The molecule has 59 heavy (non-hydrogen) atoms. The van der Waals surface area contributed by atoms with Crippen LogP contribution in [0.3, 0.4) is 0 Å². The largest absolute Gasteiger partial charge is 0.310 e. The highest BCUT2D eigenvalue weighted by Gasteiger charge is 2.24. The molecule has 0 amide bonds. The Morgan fingerprint density at radius 2 is 0.797 bits per heavy atom. The standard InChI is InChI=1S/C58H51N/c1-57(2,3)46-37-45(38-47(39-46)58(4,5)6)52-26-15-21-44-22-16-27-54(56(44)52)53-24-12-13-28-55(53)59(48-33-29-41(30-34-48)40-17-8-7-9-18-40)49-35-31-43(32-36-49)51-25-14-20-42-19-10-11-23-50(42)51/h7-39H,1-6H3. The minimum atomic E-state index is 0.00967. The number of rotatable bonds is 7. The minimum Gasteiger partial charge on any atom is -0.310 e. The first-order valence-electron chi connectivity index (χ1n) is 20.8. The molecule has 0 aliphatic heterocycles. The molecule has 0 saturated heterocycles. The van der Waals surface area contributed by atoms with Crippen LogP contribution in [-0.4, -0.2) is 0 Å². The Kier molecular flexibility index (Phi) is 9.77. The van der Waals surface area contributed by atoms with Gasteiger partial charge in [-0.15, -0.1) is 0 Å². The van der Waals surface area contributed by atoms with Crippen LogP contribution < -0.4 is 4.90 Å². The van der Waals surface area contributed by atoms with Gasteiger partial charge in [-0.05, 0) is 113 Å². The zero-order valence-electron chi connectivity index (χ0n) is 35.0. The number of benzene rings is 9. The fourth-order valence-corrected chi connectivity index (χ4v) is 8.48. The lowest BCUT2D eigenvalue weighted by atomic mass is 9.78. The monoisotopic (exact) mass is 761 g/mol. The lowest BCUT2D eigenvalue weighted by Crippen LogP contribution is -2.16. The third-order valence-corrected chi connectivity index (χ3v) is 11.8. The van der Waals surface area contributed by atoms with Gasteiger partial charge in [0, 0.05) is 16.9 Å². The minimum absolute atomic E-state index is 0.00967. The van der Waals surface area contributed by atoms with Gasteiger partial charge in [0.05, 0.1) is 5.69 Å². The molecular weight excluding hydrogens is 711 g/mol. The summed E-state index contributed by atoms with van der Waals surface area (Å²) in [5, 5.41) is 5.00. The van der Waals surface area contributed by atoms with Crippen molar-refractivity contribution in [1.29, 1.82) is 0 Å². The number of fused-ring (bicyclic) bond motifs is 2. The van der Waals surface area contributed by atoms with Crippen molar-refractivity contribution in [3.8, 4) is 44.5 Å². The maximum Gasteiger partial charge on any atom is 0.0540 e. The van der Waals surface area contributed by atoms with Crippen LogP contribution in [0.25, 0.3) is 66.1 Å². The summed E-state index contributed by atoms with van der Waals surface area (Å²) in [6.07, 6.45) is 0. The van der Waals surface area contributed by atoms with Crippen molar-refractivity contribution < 1.29 is 0 Å². The van der Waals surface area contributed by atoms with Crippen molar-refractivity contribution in [2.24, 2.45) is 0 Å². The Balaban J connectivity index is 1.24. The van der Waals surface area contributed by atoms with Gasteiger partial charge in [-0.1, -0.05) is 211 Å². The van der Waals surface area contributed by atoms with E-state index in [1.54, 1.807) is 0 Å². The van der Waals surface area contributed by atoms with Gasteiger partial charge in [0.2, 0.25) is 0 Å². The number of nitrogens with zero attached hydrogens (tertiary/aromatic N) is 1. The molecule has 288 valence electrons. The van der Waals surface area contributed by atoms with E-state index in [0.29, 0.717) is 0 Å². The molecule has 0 aromatic heterocycles. The van der Waals surface area contributed by atoms with Gasteiger partial charge in [0.25, 0.3) is 0 Å². The molecule has 0 fully saturated rings. The molecule has 9 rings (SSSR count). The Hall–Kier alpha value is -6.70. The second-order valence-electron chi connectivity index (χ2n) is 17.8. The van der Waals surface area contributed by atoms with Crippen molar-refractivity contribution in [2.75, 3.05) is 4.90 Å². The summed E-state index contributed by atoms with van der Waals surface area (Å²) in [6, 6.07) is 73.7. The van der Waals surface area contributed by atoms with Crippen LogP contribution in [0.2, 0.25) is 0 Å². The number of para-hydroxylation sites is 1. The van der Waals surface area contributed by atoms with Crippen LogP contribution in [0.15, 0.2) is 200 Å². The SMILES string of the molecule is CC(C)(C)c1cc(-c2cccc3cccc(-c4ccccc4N(c4ccc(-c5ccccc5)cc4)c4ccc(-c5cccc6ccccc56)cc4)c23)cc(C(C)(C)C)c1. The Morgan fingerprint density at radius 3 is 1.44 bits per heavy atom. The highest BCUT2D eigenvalue weighted by atomic mass is 15.1. The van der Waals surface area contributed by atoms with Crippen LogP contribution in [0, 0.1) is 0 Å². The van der Waals surface area contributed by atoms with Gasteiger partial charge >= 0.3 is 0 Å². The lowest BCUT2D eigenvalue weighted by molar-refractivity contribution is 0.569. The van der Waals surface area contributed by atoms with E-state index < -0.39 is 0 Å². The van der Waals surface area contributed by atoms with Crippen LogP contribution in [0.4, 0.5) is 17.1 Å². The van der Waals surface area contributed by atoms with E-state index in [0.717, 1.165) is 17.1 Å². The average molecular weight is 762 g/mol. The van der Waals surface area contributed by atoms with E-state index in [9.17, 15) is 0 Å². The number of hydrogen-bond donors (Lipinski definition) is 0. The van der Waals surface area contributed by atoms with E-state index in [2.05, 4.69) is 247 Å². The van der Waals surface area contributed by atoms with Crippen molar-refractivity contribution in [3.63, 3.8) is 0 Å². The first-order chi connectivity index (χ1) is 28.5. The fourth-order valence-electron chi connectivity index (χ4n) is 8.48. The Morgan fingerprint density at radius 1 is 0.322 bits per heavy atom. The van der Waals surface area contributed by atoms with E-state index in [-0.39, 0.29) is 10.8 Å². The molecule has 0 radical (unpaired) electrons. The van der Waals surface area contributed by atoms with E-state index >= 15 is 0 Å². The van der Waals surface area contributed by atoms with Gasteiger partial charge in [-0.25, -0.2) is 0 Å². The molecule has 9 aromatic carbocycles. The van der Waals surface area contributed by atoms with Gasteiger partial charge in [0.15, 0.2) is 0 Å². The highest BCUT2D eigenvalue weighted by Crippen LogP contribution is 2.46. The quantitative estimate of drug-likeness (QED) is 0.156. The summed E-state index contributed by atoms with van der Waals surface area (Å²) in [7, 11) is 0. The summed E-state index contributed by atoms with van der Waals surface area (Å²) in [5.74, 6) is 0. The lowest BCUT2D eigenvalue weighted by Gasteiger charge is -2.29. The van der Waals surface area contributed by atoms with Crippen LogP contribution >= 0.6 is 0 Å². The van der Waals surface area contributed by atoms with Gasteiger partial charge in [0.1, 0.15) is 0 Å². The predicted octanol–water partition coefficient (Wildman–Crippen LogP) is 16.7. The molecule has 0 heterocycles. The molecule has 1 nitrogen and oxygen atoms in total. The van der Waals surface area contributed by atoms with Gasteiger partial charge < -0.3 is 4.90 Å². The summed E-state index contributed by atoms with van der Waals surface area (Å²) in [6.45, 7) is 13.9. The van der Waals surface area contributed by atoms with Crippen molar-refractivity contribution >= 4 is 38.6 Å². The second kappa shape index (κ2) is 15.2. The second-order valence-corrected chi connectivity index (χ2v) is 17.8. The van der Waals surface area contributed by atoms with Gasteiger partial charge in [-0.3, -0.25) is 0 Å². The molecule has 0 atom stereocenters. The normalized spacial score (nSPS) is 11.9. The molecule has 0 saturated carbocycles. The third-order valence-electron chi connectivity index (χ3n) is 11.8. The summed E-state index contributed by atoms with van der Waals surface area (Å²) in [4.78, 5) is 2.43. The summed E-state index contributed by atoms with van der Waals surface area (Å²) in [5.41, 5.74) is 15.8. The summed E-state index contributed by atoms with van der Waals surface area (Å²) >= 11 is 0. The molecule has 0 unspecified atom stereocenters. The molecule has 1 heteroatoms. The highest BCUT2D eigenvalue weighted by molar-refractivity contribution is 6.09. The van der Waals surface area contributed by atoms with E-state index in [1.807, 2.05) is 0 Å². The molecule has 0 bridgehead atoms. The van der Waals surface area contributed by atoms with E-state index in [1.165, 1.54) is 77.2 Å². The van der Waals surface area contributed by atoms with Crippen molar-refractivity contribution in [1.82, 2.24) is 0 Å². The smallest absolute Gasteiger partial charge is 0.0540 e. The number of hydrogen-bond acceptors (Lipinski definition) is 1. The zero-order chi connectivity index (χ0) is 40.7. The molecule has 0 spiro atoms. The van der Waals surface area contributed by atoms with E-state index in [4.69, 9.17) is 0 Å². The first-order valence-corrected chi connectivity index (χ1v) is 20.8. The van der Waals surface area contributed by atoms with Crippen molar-refractivity contribution in [3.05, 3.63) is 211 Å². The van der Waals surface area contributed by atoms with Crippen LogP contribution in [0.1, 0.15) is 52.7 Å². The Bertz CT molecular complexity index is 2880. The first kappa shape index (κ1) is 37.9. The van der Waals surface area contributed by atoms with Crippen molar-refractivity contribution in [2.45, 2.75) is 52.4 Å². The molecule has 0 aliphatic carbocycles. The maximum absolute atomic E-state index is 2.43. The zero-order valence-corrected chi connectivity index (χ0v) is 35.0. The number of anilines is 3. The maximum atomic E-state index is 2.43. The van der Waals surface area contributed by atoms with Crippen LogP contribution in [-0.2, 0) is 10.8 Å². The molecule has 9 aromatic rings. The average Bonchev–Trinajstić information content (AvgIpc) is 3.26. The molecule has 0 aliphatic rings. The molecule has 0 N–H and O–H groups in total. The topological polar surface area (TPSA) is 3.24 Å².